The highest BCUT2D eigenvalue weighted by atomic mass is 32.2. The largest absolute Gasteiger partial charge is 0.320 e. The van der Waals surface area contributed by atoms with E-state index in [0.29, 0.717) is 29.2 Å². The van der Waals surface area contributed by atoms with Gasteiger partial charge in [0.2, 0.25) is 15.0 Å². The highest BCUT2D eigenvalue weighted by Gasteiger charge is 2.33. The number of hydrogen-bond donors (Lipinski definition) is 1. The fraction of sp³-hybridized carbons (Fsp3) is 0.318. The van der Waals surface area contributed by atoms with Gasteiger partial charge in [-0.25, -0.2) is 12.8 Å². The summed E-state index contributed by atoms with van der Waals surface area (Å²) in [5.74, 6) is -1.12. The molecule has 1 N–H and O–H groups in total. The number of carbonyl (C=O) groups excluding carboxylic acids is 1. The van der Waals surface area contributed by atoms with Crippen molar-refractivity contribution in [3.8, 4) is 0 Å². The van der Waals surface area contributed by atoms with Gasteiger partial charge in [0.15, 0.2) is 0 Å². The lowest BCUT2D eigenvalue weighted by molar-refractivity contribution is 0.102. The number of rotatable bonds is 5. The van der Waals surface area contributed by atoms with Crippen LogP contribution in [0.2, 0.25) is 0 Å². The summed E-state index contributed by atoms with van der Waals surface area (Å²) in [7, 11) is -3.84. The number of carbonyl (C=O) groups is 1. The minimum absolute atomic E-state index is 0.0198. The third-order valence-electron chi connectivity index (χ3n) is 5.45. The molecule has 4 rings (SSSR count). The highest BCUT2D eigenvalue weighted by Crippen LogP contribution is 2.33. The van der Waals surface area contributed by atoms with E-state index in [-0.39, 0.29) is 28.3 Å². The number of amides is 1. The number of sulfonamides is 1. The van der Waals surface area contributed by atoms with E-state index in [2.05, 4.69) is 15.5 Å². The van der Waals surface area contributed by atoms with E-state index in [0.717, 1.165) is 18.1 Å². The van der Waals surface area contributed by atoms with Crippen molar-refractivity contribution in [1.82, 2.24) is 14.5 Å². The lowest BCUT2D eigenvalue weighted by Crippen LogP contribution is -2.39. The first-order valence-electron chi connectivity index (χ1n) is 10.2. The quantitative estimate of drug-likeness (QED) is 0.601. The lowest BCUT2D eigenvalue weighted by Gasteiger charge is -2.31. The van der Waals surface area contributed by atoms with Gasteiger partial charge in [-0.2, -0.15) is 4.31 Å². The molecule has 0 aliphatic carbocycles. The predicted octanol–water partition coefficient (Wildman–Crippen LogP) is 4.11. The minimum Gasteiger partial charge on any atom is -0.320 e. The zero-order valence-electron chi connectivity index (χ0n) is 17.7. The van der Waals surface area contributed by atoms with E-state index in [1.807, 2.05) is 31.2 Å². The van der Waals surface area contributed by atoms with Crippen molar-refractivity contribution in [3.05, 3.63) is 69.4 Å². The summed E-state index contributed by atoms with van der Waals surface area (Å²) >= 11 is 1.17. The standard InChI is InChI=1S/C22H23FN4O3S2/c1-14-5-9-18(10-6-14)24-20(28)22-26-25-21(31-22)16-4-3-11-27(13-16)32(29,30)19-12-17(23)8-7-15(19)2/h5-10,12,16H,3-4,11,13H2,1-2H3,(H,24,28)/t16-/m0/s1. The number of anilines is 1. The second-order valence-electron chi connectivity index (χ2n) is 7.88. The van der Waals surface area contributed by atoms with Gasteiger partial charge in [0.1, 0.15) is 10.8 Å². The van der Waals surface area contributed by atoms with Crippen LogP contribution in [0.1, 0.15) is 44.7 Å². The van der Waals surface area contributed by atoms with Crippen LogP contribution in [0.15, 0.2) is 47.4 Å². The molecule has 1 aliphatic heterocycles. The van der Waals surface area contributed by atoms with Crippen LogP contribution in [0.25, 0.3) is 0 Å². The molecule has 1 atom stereocenters. The SMILES string of the molecule is Cc1ccc(NC(=O)c2nnc([C@H]3CCCN(S(=O)(=O)c4cc(F)ccc4C)C3)s2)cc1. The van der Waals surface area contributed by atoms with Crippen LogP contribution in [0.3, 0.4) is 0 Å². The van der Waals surface area contributed by atoms with E-state index in [4.69, 9.17) is 0 Å². The molecule has 2 heterocycles. The van der Waals surface area contributed by atoms with Crippen LogP contribution in [0.5, 0.6) is 0 Å². The molecule has 1 aliphatic rings. The number of hydrogen-bond acceptors (Lipinski definition) is 6. The third kappa shape index (κ3) is 4.72. The van der Waals surface area contributed by atoms with E-state index in [1.165, 1.54) is 27.8 Å². The number of aryl methyl sites for hydroxylation is 2. The Morgan fingerprint density at radius 2 is 1.91 bits per heavy atom. The molecule has 32 heavy (non-hydrogen) atoms. The summed E-state index contributed by atoms with van der Waals surface area (Å²) in [4.78, 5) is 12.5. The smallest absolute Gasteiger partial charge is 0.286 e. The molecule has 0 saturated carbocycles. The van der Waals surface area contributed by atoms with Crippen LogP contribution in [0.4, 0.5) is 10.1 Å². The number of benzene rings is 2. The molecule has 0 radical (unpaired) electrons. The van der Waals surface area contributed by atoms with Crippen LogP contribution in [-0.2, 0) is 10.0 Å². The van der Waals surface area contributed by atoms with Gasteiger partial charge in [0, 0.05) is 24.7 Å². The number of nitrogens with one attached hydrogen (secondary N) is 1. The van der Waals surface area contributed by atoms with Crippen LogP contribution in [-0.4, -0.2) is 41.9 Å². The molecule has 0 spiro atoms. The van der Waals surface area contributed by atoms with Gasteiger partial charge < -0.3 is 5.32 Å². The molecule has 1 fully saturated rings. The van der Waals surface area contributed by atoms with E-state index >= 15 is 0 Å². The molecule has 2 aromatic carbocycles. The van der Waals surface area contributed by atoms with Crippen LogP contribution < -0.4 is 5.32 Å². The molecule has 1 amide bonds. The monoisotopic (exact) mass is 474 g/mol. The van der Waals surface area contributed by atoms with Crippen molar-refractivity contribution in [3.63, 3.8) is 0 Å². The molecule has 168 valence electrons. The second-order valence-corrected chi connectivity index (χ2v) is 10.8. The number of piperidine rings is 1. The zero-order valence-corrected chi connectivity index (χ0v) is 19.3. The second kappa shape index (κ2) is 9.05. The summed E-state index contributed by atoms with van der Waals surface area (Å²) in [6, 6.07) is 11.2. The van der Waals surface area contributed by atoms with Gasteiger partial charge in [-0.1, -0.05) is 35.1 Å². The molecule has 7 nitrogen and oxygen atoms in total. The maximum atomic E-state index is 13.7. The van der Waals surface area contributed by atoms with Gasteiger partial charge >= 0.3 is 0 Å². The van der Waals surface area contributed by atoms with Crippen molar-refractivity contribution in [1.29, 1.82) is 0 Å². The van der Waals surface area contributed by atoms with Gasteiger partial charge in [-0.3, -0.25) is 4.79 Å². The van der Waals surface area contributed by atoms with Gasteiger partial charge in [-0.05, 0) is 56.5 Å². The summed E-state index contributed by atoms with van der Waals surface area (Å²) in [6.07, 6.45) is 1.38. The Balaban J connectivity index is 1.49. The lowest BCUT2D eigenvalue weighted by atomic mass is 10.0. The Labute approximate surface area is 190 Å². The molecule has 0 unspecified atom stereocenters. The first kappa shape index (κ1) is 22.5. The normalized spacial score (nSPS) is 17.3. The highest BCUT2D eigenvalue weighted by molar-refractivity contribution is 7.89. The molecule has 1 saturated heterocycles. The minimum atomic E-state index is -3.84. The average molecular weight is 475 g/mol. The maximum absolute atomic E-state index is 13.7. The third-order valence-corrected chi connectivity index (χ3v) is 8.54. The van der Waals surface area contributed by atoms with Gasteiger partial charge in [0.25, 0.3) is 5.91 Å². The topological polar surface area (TPSA) is 92.3 Å². The summed E-state index contributed by atoms with van der Waals surface area (Å²) in [6.45, 7) is 4.18. The molecule has 3 aromatic rings. The van der Waals surface area contributed by atoms with Crippen molar-refractivity contribution in [2.45, 2.75) is 37.5 Å². The summed E-state index contributed by atoms with van der Waals surface area (Å²) in [5.41, 5.74) is 2.25. The molecular weight excluding hydrogens is 451 g/mol. The van der Waals surface area contributed by atoms with Crippen molar-refractivity contribution in [2.75, 3.05) is 18.4 Å². The van der Waals surface area contributed by atoms with Crippen molar-refractivity contribution >= 4 is 33.0 Å². The Bertz CT molecular complexity index is 1240. The predicted molar refractivity (Wildman–Crippen MR) is 121 cm³/mol. The molecule has 10 heteroatoms. The van der Waals surface area contributed by atoms with E-state index < -0.39 is 15.8 Å². The fourth-order valence-electron chi connectivity index (χ4n) is 3.67. The average Bonchev–Trinajstić information content (AvgIpc) is 3.28. The van der Waals surface area contributed by atoms with Gasteiger partial charge in [-0.15, -0.1) is 10.2 Å². The van der Waals surface area contributed by atoms with E-state index in [9.17, 15) is 17.6 Å². The summed E-state index contributed by atoms with van der Waals surface area (Å²) < 4.78 is 41.4. The first-order valence-corrected chi connectivity index (χ1v) is 12.5. The Kier molecular flexibility index (Phi) is 6.36. The number of halogens is 1. The Morgan fingerprint density at radius 1 is 1.16 bits per heavy atom. The molecule has 0 bridgehead atoms. The molecular formula is C22H23FN4O3S2. The molecule has 1 aromatic heterocycles. The van der Waals surface area contributed by atoms with Crippen molar-refractivity contribution in [2.24, 2.45) is 0 Å². The number of aromatic nitrogens is 2. The number of nitrogens with zero attached hydrogens (tertiary/aromatic N) is 3. The Hall–Kier alpha value is -2.69. The first-order chi connectivity index (χ1) is 15.2. The zero-order chi connectivity index (χ0) is 22.9. The van der Waals surface area contributed by atoms with Gasteiger partial charge in [0.05, 0.1) is 4.90 Å². The van der Waals surface area contributed by atoms with Crippen LogP contribution >= 0.6 is 11.3 Å². The Morgan fingerprint density at radius 3 is 2.66 bits per heavy atom. The van der Waals surface area contributed by atoms with E-state index in [1.54, 1.807) is 6.92 Å². The van der Waals surface area contributed by atoms with Crippen molar-refractivity contribution < 1.29 is 17.6 Å². The maximum Gasteiger partial charge on any atom is 0.286 e. The fourth-order valence-corrected chi connectivity index (χ4v) is 6.29. The van der Waals surface area contributed by atoms with Crippen LogP contribution in [0, 0.1) is 19.7 Å². The summed E-state index contributed by atoms with van der Waals surface area (Å²) in [5, 5.41) is 11.8.